The topological polar surface area (TPSA) is 120 Å². The summed E-state index contributed by atoms with van der Waals surface area (Å²) in [5.41, 5.74) is 13.6. The highest BCUT2D eigenvalue weighted by Crippen LogP contribution is 2.48. The molecule has 0 amide bonds. The maximum atomic E-state index is 9.87. The van der Waals surface area contributed by atoms with Crippen LogP contribution in [-0.2, 0) is 121 Å². The third kappa shape index (κ3) is 28.7. The van der Waals surface area contributed by atoms with Gasteiger partial charge in [0.2, 0.25) is 0 Å². The Morgan fingerprint density at radius 1 is 0.301 bits per heavy atom. The van der Waals surface area contributed by atoms with Gasteiger partial charge in [-0.1, -0.05) is 171 Å². The number of fused-ring (bicyclic) bond motifs is 5. The lowest BCUT2D eigenvalue weighted by Gasteiger charge is -2.28. The maximum Gasteiger partial charge on any atom is 0.190 e. The first-order valence-electron chi connectivity index (χ1n) is 46.6. The van der Waals surface area contributed by atoms with Crippen molar-refractivity contribution in [1.82, 2.24) is 0 Å². The average Bonchev–Trinajstić information content (AvgIpc) is 0.751. The number of hydrogen-bond donors (Lipinski definition) is 3. The number of nitrogens with one attached hydrogen (secondary N) is 1. The number of phenolic OH excluding ortho intramolecular Hbond substituents is 2. The van der Waals surface area contributed by atoms with Gasteiger partial charge in [0.1, 0.15) is 114 Å². The van der Waals surface area contributed by atoms with Crippen molar-refractivity contribution in [3.63, 3.8) is 0 Å². The van der Waals surface area contributed by atoms with Gasteiger partial charge in [0.05, 0.1) is 102 Å². The van der Waals surface area contributed by atoms with Gasteiger partial charge in [0, 0.05) is 94.3 Å². The third-order valence-electron chi connectivity index (χ3n) is 23.5. The molecule has 0 radical (unpaired) electrons. The number of rotatable bonds is 9. The van der Waals surface area contributed by atoms with E-state index in [4.69, 9.17) is 38.3 Å². The summed E-state index contributed by atoms with van der Waals surface area (Å²) in [6.45, 7) is 34.9. The Morgan fingerprint density at radius 3 is 1.05 bits per heavy atom. The zero-order valence-electron chi connectivity index (χ0n) is 79.7. The van der Waals surface area contributed by atoms with Crippen LogP contribution in [0.5, 0.6) is 17.2 Å². The Labute approximate surface area is 816 Å². The molecule has 8 aliphatic heterocycles. The molecule has 0 aliphatic carbocycles. The van der Waals surface area contributed by atoms with Crippen molar-refractivity contribution < 1.29 is 43.4 Å². The van der Waals surface area contributed by atoms with E-state index >= 15 is 0 Å². The Morgan fingerprint density at radius 2 is 0.632 bits per heavy atom. The minimum Gasteiger partial charge on any atom is -0.508 e. The molecule has 8 aliphatic rings. The van der Waals surface area contributed by atoms with Crippen LogP contribution in [0.15, 0.2) is 356 Å². The van der Waals surface area contributed by atoms with Crippen LogP contribution in [0.4, 0.5) is 22.7 Å². The van der Waals surface area contributed by atoms with E-state index in [9.17, 15) is 5.11 Å². The van der Waals surface area contributed by atoms with Crippen molar-refractivity contribution >= 4 is 121 Å². The van der Waals surface area contributed by atoms with Crippen LogP contribution in [0.2, 0.25) is 0 Å². The van der Waals surface area contributed by atoms with Crippen LogP contribution in [0.1, 0.15) is 74.9 Å². The van der Waals surface area contributed by atoms with E-state index in [1.807, 2.05) is 36.4 Å². The number of aryl methyl sites for hydroxylation is 5. The zero-order chi connectivity index (χ0) is 93.1. The standard InChI is InChI=1S/C20H18NS.C19H16NS.C14H14O2S.C14H21O2S.C14H21OS.C13H19OS.C10H12O2S.C10H13OS/c1-15-11-13-16(14-12-15)22-19-9-5-3-7-17(19)21(2)18-8-4-6-10-20(18)22;1-14-10-12-15(13-11-14)21-18-8-4-2-6-16(18)20-17-7-3-5-9-19(17)21;15-13-5-6-14(17-9-7-16-8-10-17)12-4-2-1-3-11(12)13;1-14(2,3)16-12-4-6-13(7-5-12)17-10-8-15-9-11-17;1-14(2,3)12-4-6-13(7-5-12)16-10-8-15-9-11-16;1-10-8-11(2)13(12(3)9-10)15-6-4-14-5-7-15;11-9-1-3-10(4-2-9)13-7-5-12-6-8-13;1-2-4-10(5-3-1)12-8-6-11-7-9-12/h3-14H,1-2H3;2-13,20H,1H3;1-6H,7-10H2;4-7H,8-11H2,1-3H3;4-7H,8-11H2,1-3H3;8-9H,4-7H2,1-3H3;1-4H,5-8H2;1-5H,6-9H2/q2*+1;;3*+1;;+1/p+2. The lowest BCUT2D eigenvalue weighted by molar-refractivity contribution is 0.131. The Balaban J connectivity index is 0.000000123. The number of nitrogens with zero attached hydrogens (tertiary/aromatic N) is 1. The van der Waals surface area contributed by atoms with Gasteiger partial charge < -0.3 is 53.6 Å². The number of hydrogen-bond acceptors (Lipinski definition) is 11. The largest absolute Gasteiger partial charge is 0.508 e. The second kappa shape index (κ2) is 50.1. The first-order valence-corrected chi connectivity index (χ1v) is 58.4. The van der Waals surface area contributed by atoms with Gasteiger partial charge in [0.15, 0.2) is 58.7 Å². The second-order valence-corrected chi connectivity index (χ2v) is 53.0. The number of anilines is 4. The van der Waals surface area contributed by atoms with Gasteiger partial charge in [-0.15, -0.1) is 0 Å². The van der Waals surface area contributed by atoms with E-state index in [2.05, 4.69) is 342 Å². The minimum absolute atomic E-state index is 0.0285. The van der Waals surface area contributed by atoms with Gasteiger partial charge in [-0.25, -0.2) is 0 Å². The Kier molecular flexibility index (Phi) is 37.9. The summed E-state index contributed by atoms with van der Waals surface area (Å²) in [6, 6.07) is 105. The second-order valence-electron chi connectivity index (χ2n) is 35.6. The Hall–Kier alpha value is -8.32. The predicted molar refractivity (Wildman–Crippen MR) is 574 cm³/mol. The number of para-hydroxylation sites is 4. The molecule has 6 saturated heterocycles. The fourth-order valence-corrected chi connectivity index (χ4v) is 33.1. The van der Waals surface area contributed by atoms with Crippen molar-refractivity contribution in [2.75, 3.05) is 166 Å². The molecule has 133 heavy (non-hydrogen) atoms. The maximum absolute atomic E-state index is 9.87. The van der Waals surface area contributed by atoms with E-state index < -0.39 is 0 Å². The summed E-state index contributed by atoms with van der Waals surface area (Å²) in [6.07, 6.45) is 0. The fraction of sp³-hybridized carbons (Fsp3) is 0.333. The van der Waals surface area contributed by atoms with E-state index in [0.29, 0.717) is 66.0 Å². The van der Waals surface area contributed by atoms with Crippen molar-refractivity contribution in [3.05, 3.63) is 331 Å². The fourth-order valence-electron chi connectivity index (χ4n) is 16.8. The van der Waals surface area contributed by atoms with Crippen LogP contribution in [-0.4, -0.2) is 171 Å². The number of benzene rings is 13. The number of aromatic hydroxyl groups is 2. The number of ether oxygens (including phenoxy) is 7. The third-order valence-corrected chi connectivity index (χ3v) is 42.0. The van der Waals surface area contributed by atoms with Crippen LogP contribution in [0, 0.1) is 34.6 Å². The molecule has 696 valence electrons. The van der Waals surface area contributed by atoms with Crippen LogP contribution < -0.4 is 15.0 Å². The molecule has 11 nitrogen and oxygen atoms in total. The first-order chi connectivity index (χ1) is 64.6. The summed E-state index contributed by atoms with van der Waals surface area (Å²) < 4.78 is 38.1. The number of phenols is 2. The highest BCUT2D eigenvalue weighted by molar-refractivity contribution is 7.99. The normalized spacial score (nSPS) is 16.7. The van der Waals surface area contributed by atoms with Crippen molar-refractivity contribution in [2.45, 2.75) is 146 Å². The molecule has 13 aromatic rings. The molecule has 0 saturated carbocycles. The molecule has 21 rings (SSSR count). The summed E-state index contributed by atoms with van der Waals surface area (Å²) in [5, 5.41) is 24.7. The summed E-state index contributed by atoms with van der Waals surface area (Å²) in [5.74, 6) is 15.7. The summed E-state index contributed by atoms with van der Waals surface area (Å²) >= 11 is 0. The molecule has 19 heteroatoms. The summed E-state index contributed by atoms with van der Waals surface area (Å²) in [7, 11) is 4.44. The van der Waals surface area contributed by atoms with Crippen LogP contribution >= 0.6 is 0 Å². The van der Waals surface area contributed by atoms with Crippen LogP contribution in [0.25, 0.3) is 10.8 Å². The lowest BCUT2D eigenvalue weighted by Crippen LogP contribution is -2.27. The molecule has 0 atom stereocenters. The summed E-state index contributed by atoms with van der Waals surface area (Å²) in [4.78, 5) is 19.4. The SMILES string of the molecule is CC(C)(C)Oc1ccc([S+]2CCOCC2)cc1.CC(C)(C)c1ccc([S+]2CCOCC2)cc1.Cc1cc(C)c([S+]2CCOCC2)c(C)c1.Cc1ccc([S+]2c3ccccc3N(C)c3ccccc32)cc1.Cc1ccc([S+]2c3ccccc3Nc3ccccc32)cc1.Oc1ccc([S+]2CCOCC2)c2ccccc12.Oc1ccc([S+]2CCOCC2)cc1.c1ccc([S+]2CCOCC2)cc1. The van der Waals surface area contributed by atoms with E-state index in [1.165, 1.54) is 161 Å². The smallest absolute Gasteiger partial charge is 0.190 e. The molecule has 6 fully saturated rings. The van der Waals surface area contributed by atoms with Crippen molar-refractivity contribution in [3.8, 4) is 17.2 Å². The molecule has 3 N–H and O–H groups in total. The zero-order valence-corrected chi connectivity index (χ0v) is 86.3. The quantitative estimate of drug-likeness (QED) is 0.120. The Bertz CT molecular complexity index is 5630. The molecule has 8 heterocycles. The molecule has 0 aromatic heterocycles. The molecular weight excluding hydrogens is 1800 g/mol. The van der Waals surface area contributed by atoms with E-state index in [1.54, 1.807) is 17.0 Å². The molecular formula is C114H136N2O9S8+8. The highest BCUT2D eigenvalue weighted by atomic mass is 32.2. The molecule has 13 aromatic carbocycles. The van der Waals surface area contributed by atoms with E-state index in [-0.39, 0.29) is 43.7 Å². The minimum atomic E-state index is -0.123. The predicted octanol–water partition coefficient (Wildman–Crippen LogP) is 24.4. The lowest BCUT2D eigenvalue weighted by atomic mass is 9.87. The van der Waals surface area contributed by atoms with Crippen molar-refractivity contribution in [1.29, 1.82) is 0 Å². The molecule has 0 unspecified atom stereocenters. The van der Waals surface area contributed by atoms with Gasteiger partial charge in [-0.2, -0.15) is 0 Å². The van der Waals surface area contributed by atoms with E-state index in [0.717, 1.165) is 113 Å². The molecule has 0 bridgehead atoms. The molecule has 0 spiro atoms. The van der Waals surface area contributed by atoms with Gasteiger partial charge in [0.25, 0.3) is 0 Å². The van der Waals surface area contributed by atoms with Gasteiger partial charge in [-0.05, 0) is 230 Å². The van der Waals surface area contributed by atoms with Crippen molar-refractivity contribution in [2.24, 2.45) is 0 Å². The first kappa shape index (κ1) is 101. The van der Waals surface area contributed by atoms with Gasteiger partial charge in [-0.3, -0.25) is 0 Å². The van der Waals surface area contributed by atoms with Crippen LogP contribution in [0.3, 0.4) is 0 Å². The average molecular weight is 1930 g/mol. The monoisotopic (exact) mass is 1930 g/mol. The van der Waals surface area contributed by atoms with Gasteiger partial charge >= 0.3 is 0 Å². The highest BCUT2D eigenvalue weighted by Gasteiger charge is 2.41.